The maximum Gasteiger partial charge on any atom is 0.182 e. The Morgan fingerprint density at radius 1 is 0.500 bits per heavy atom. The van der Waals surface area contributed by atoms with Gasteiger partial charge in [0, 0.05) is 38.3 Å². The molecule has 0 spiro atoms. The molecule has 20 heavy (non-hydrogen) atoms. The van der Waals surface area contributed by atoms with Crippen LogP contribution < -0.4 is 0 Å². The summed E-state index contributed by atoms with van der Waals surface area (Å²) in [6, 6.07) is 1.60. The molecule has 2 saturated heterocycles. The van der Waals surface area contributed by atoms with Crippen LogP contribution in [0, 0.1) is 0 Å². The van der Waals surface area contributed by atoms with Crippen LogP contribution in [0.2, 0.25) is 0 Å². The van der Waals surface area contributed by atoms with E-state index in [-0.39, 0.29) is 0 Å². The third-order valence-corrected chi connectivity index (χ3v) is 5.40. The lowest BCUT2D eigenvalue weighted by Gasteiger charge is -2.45. The minimum absolute atomic E-state index is 0.802. The van der Waals surface area contributed by atoms with Crippen molar-refractivity contribution >= 4 is 16.0 Å². The van der Waals surface area contributed by atoms with E-state index in [2.05, 4.69) is 9.80 Å². The molecule has 0 aromatic carbocycles. The quantitative estimate of drug-likeness (QED) is 0.640. The Hall–Kier alpha value is -0.0301. The maximum atomic E-state index is 5.84. The highest BCUT2D eigenvalue weighted by Crippen LogP contribution is 2.27. The van der Waals surface area contributed by atoms with Crippen molar-refractivity contribution in [1.82, 2.24) is 19.4 Å². The number of hydrogen-bond donors (Lipinski definition) is 0. The summed E-state index contributed by atoms with van der Waals surface area (Å²) in [6.07, 6.45) is 5.44. The highest BCUT2D eigenvalue weighted by molar-refractivity contribution is 6.04. The Labute approximate surface area is 126 Å². The van der Waals surface area contributed by atoms with Gasteiger partial charge in [0.15, 0.2) is 16.0 Å². The van der Waals surface area contributed by atoms with Crippen molar-refractivity contribution in [2.45, 2.75) is 37.8 Å². The summed E-state index contributed by atoms with van der Waals surface area (Å²) < 4.78 is 0. The molecule has 6 heteroatoms. The maximum absolute atomic E-state index is 5.84. The summed E-state index contributed by atoms with van der Waals surface area (Å²) in [4.78, 5) is 9.23. The average molecular weight is 272 g/mol. The van der Waals surface area contributed by atoms with Crippen LogP contribution in [0.4, 0.5) is 0 Å². The van der Waals surface area contributed by atoms with E-state index in [1.54, 1.807) is 0 Å². The highest BCUT2D eigenvalue weighted by Gasteiger charge is 2.30. The van der Waals surface area contributed by atoms with Crippen LogP contribution in [0.25, 0.3) is 0 Å². The molecule has 3 fully saturated rings. The van der Waals surface area contributed by atoms with Crippen molar-refractivity contribution in [2.24, 2.45) is 0 Å². The normalized spacial score (nSPS) is 36.2. The van der Waals surface area contributed by atoms with E-state index >= 15 is 0 Å². The molecule has 0 unspecified atom stereocenters. The zero-order valence-corrected chi connectivity index (χ0v) is 12.6. The molecule has 0 aromatic rings. The van der Waals surface area contributed by atoms with Crippen molar-refractivity contribution in [3.63, 3.8) is 0 Å². The second kappa shape index (κ2) is 6.82. The summed E-state index contributed by atoms with van der Waals surface area (Å²) in [6.45, 7) is 8.71. The van der Waals surface area contributed by atoms with E-state index < -0.39 is 0 Å². The standard InChI is InChI=1S/C14H26B2N4/c15-19-9-5-17(6-10-19)13-1-2-14(4-3-13)18-7-11-20(16)12-8-18/h13-14H,1-12H2. The smallest absolute Gasteiger partial charge is 0.182 e. The fraction of sp³-hybridized carbons (Fsp3) is 1.00. The largest absolute Gasteiger partial charge is 0.351 e. The van der Waals surface area contributed by atoms with E-state index in [0.717, 1.165) is 64.4 Å². The third-order valence-electron chi connectivity index (χ3n) is 5.40. The molecule has 4 nitrogen and oxygen atoms in total. The number of nitrogens with zero attached hydrogens (tertiary/aromatic N) is 4. The molecule has 0 amide bonds. The van der Waals surface area contributed by atoms with Crippen LogP contribution in [-0.2, 0) is 0 Å². The first kappa shape index (κ1) is 14.9. The minimum atomic E-state index is 0.802. The van der Waals surface area contributed by atoms with Gasteiger partial charge in [-0.3, -0.25) is 9.80 Å². The van der Waals surface area contributed by atoms with E-state index in [1.807, 2.05) is 9.62 Å². The molecular weight excluding hydrogens is 246 g/mol. The summed E-state index contributed by atoms with van der Waals surface area (Å²) in [5, 5.41) is 0. The van der Waals surface area contributed by atoms with Gasteiger partial charge in [0.05, 0.1) is 0 Å². The first-order chi connectivity index (χ1) is 9.72. The Kier molecular flexibility index (Phi) is 5.08. The molecule has 1 saturated carbocycles. The van der Waals surface area contributed by atoms with Gasteiger partial charge in [-0.2, -0.15) is 0 Å². The van der Waals surface area contributed by atoms with Crippen LogP contribution in [-0.4, -0.2) is 99.8 Å². The number of hydrogen-bond acceptors (Lipinski definition) is 4. The predicted octanol–water partition coefficient (Wildman–Crippen LogP) is -0.300. The second-order valence-electron chi connectivity index (χ2n) is 6.61. The molecule has 0 atom stereocenters. The molecule has 0 aromatic heterocycles. The van der Waals surface area contributed by atoms with Gasteiger partial charge in [-0.1, -0.05) is 0 Å². The van der Waals surface area contributed by atoms with Crippen LogP contribution in [0.1, 0.15) is 25.7 Å². The molecular formula is C14H26B2N4. The van der Waals surface area contributed by atoms with Gasteiger partial charge in [0.1, 0.15) is 0 Å². The molecule has 0 bridgehead atoms. The molecule has 108 valence electrons. The van der Waals surface area contributed by atoms with Gasteiger partial charge in [-0.05, 0) is 51.9 Å². The van der Waals surface area contributed by atoms with Gasteiger partial charge in [-0.25, -0.2) is 0 Å². The lowest BCUT2D eigenvalue weighted by atomic mass is 9.88. The average Bonchev–Trinajstić information content (AvgIpc) is 2.49. The highest BCUT2D eigenvalue weighted by atomic mass is 15.3. The fourth-order valence-corrected chi connectivity index (χ4v) is 3.99. The van der Waals surface area contributed by atoms with Crippen molar-refractivity contribution in [3.8, 4) is 0 Å². The minimum Gasteiger partial charge on any atom is -0.351 e. The number of piperazine rings is 2. The van der Waals surface area contributed by atoms with Gasteiger partial charge >= 0.3 is 0 Å². The van der Waals surface area contributed by atoms with Crippen molar-refractivity contribution in [2.75, 3.05) is 52.4 Å². The molecule has 0 N–H and O–H groups in total. The van der Waals surface area contributed by atoms with E-state index in [4.69, 9.17) is 16.0 Å². The topological polar surface area (TPSA) is 13.0 Å². The van der Waals surface area contributed by atoms with Gasteiger partial charge in [0.2, 0.25) is 0 Å². The lowest BCUT2D eigenvalue weighted by molar-refractivity contribution is 0.0618. The lowest BCUT2D eigenvalue weighted by Crippen LogP contribution is -2.53. The molecule has 4 radical (unpaired) electrons. The van der Waals surface area contributed by atoms with Gasteiger partial charge < -0.3 is 9.62 Å². The first-order valence-corrected chi connectivity index (χ1v) is 8.20. The monoisotopic (exact) mass is 272 g/mol. The predicted molar refractivity (Wildman–Crippen MR) is 83.8 cm³/mol. The van der Waals surface area contributed by atoms with Crippen molar-refractivity contribution < 1.29 is 0 Å². The Morgan fingerprint density at radius 3 is 1.10 bits per heavy atom. The van der Waals surface area contributed by atoms with Crippen LogP contribution in [0.5, 0.6) is 0 Å². The molecule has 3 rings (SSSR count). The Balaban J connectivity index is 1.42. The summed E-state index contributed by atoms with van der Waals surface area (Å²) in [5.41, 5.74) is 0. The van der Waals surface area contributed by atoms with Crippen molar-refractivity contribution in [1.29, 1.82) is 0 Å². The third kappa shape index (κ3) is 3.59. The van der Waals surface area contributed by atoms with E-state index in [1.165, 1.54) is 25.7 Å². The zero-order valence-electron chi connectivity index (χ0n) is 12.6. The molecule has 3 aliphatic rings. The van der Waals surface area contributed by atoms with E-state index in [0.29, 0.717) is 0 Å². The molecule has 2 heterocycles. The van der Waals surface area contributed by atoms with Gasteiger partial charge in [0.25, 0.3) is 0 Å². The van der Waals surface area contributed by atoms with Crippen LogP contribution in [0.15, 0.2) is 0 Å². The fourth-order valence-electron chi connectivity index (χ4n) is 3.99. The Bertz CT molecular complexity index is 264. The van der Waals surface area contributed by atoms with Crippen molar-refractivity contribution in [3.05, 3.63) is 0 Å². The summed E-state index contributed by atoms with van der Waals surface area (Å²) in [7, 11) is 11.7. The van der Waals surface area contributed by atoms with E-state index in [9.17, 15) is 0 Å². The first-order valence-electron chi connectivity index (χ1n) is 8.20. The SMILES string of the molecule is [B]N1CCN(C2CCC(N3CCN([B])CC3)CC2)CC1. The van der Waals surface area contributed by atoms with Crippen LogP contribution in [0.3, 0.4) is 0 Å². The molecule has 1 aliphatic carbocycles. The zero-order chi connectivity index (χ0) is 13.9. The second-order valence-corrected chi connectivity index (χ2v) is 6.61. The van der Waals surface area contributed by atoms with Crippen LogP contribution >= 0.6 is 0 Å². The molecule has 2 aliphatic heterocycles. The number of rotatable bonds is 2. The van der Waals surface area contributed by atoms with Gasteiger partial charge in [-0.15, -0.1) is 0 Å². The Morgan fingerprint density at radius 2 is 0.800 bits per heavy atom. The summed E-state index contributed by atoms with van der Waals surface area (Å²) >= 11 is 0. The summed E-state index contributed by atoms with van der Waals surface area (Å²) in [5.74, 6) is 0.